The van der Waals surface area contributed by atoms with Crippen LogP contribution >= 0.6 is 0 Å². The molecule has 0 spiro atoms. The fourth-order valence-electron chi connectivity index (χ4n) is 2.38. The first kappa shape index (κ1) is 18.6. The van der Waals surface area contributed by atoms with Gasteiger partial charge in [-0.25, -0.2) is 18.2 Å². The number of sulfone groups is 1. The Bertz CT molecular complexity index is 1190. The molecule has 0 unspecified atom stereocenters. The summed E-state index contributed by atoms with van der Waals surface area (Å²) in [5.41, 5.74) is 0.420. The summed E-state index contributed by atoms with van der Waals surface area (Å²) >= 11 is 0. The number of aromatic nitrogens is 1. The lowest BCUT2D eigenvalue weighted by Gasteiger charge is -2.03. The largest absolute Gasteiger partial charge is 0.508 e. The molecule has 6 nitrogen and oxygen atoms in total. The number of hydrogen-bond acceptors (Lipinski definition) is 6. The Morgan fingerprint density at radius 3 is 2.63 bits per heavy atom. The van der Waals surface area contributed by atoms with Gasteiger partial charge in [-0.2, -0.15) is 0 Å². The van der Waals surface area contributed by atoms with Gasteiger partial charge in [0.1, 0.15) is 11.3 Å². The molecule has 0 aliphatic rings. The third-order valence-electron chi connectivity index (χ3n) is 3.85. The van der Waals surface area contributed by atoms with Gasteiger partial charge in [0.25, 0.3) is 0 Å². The van der Waals surface area contributed by atoms with E-state index in [0.29, 0.717) is 0 Å². The van der Waals surface area contributed by atoms with Gasteiger partial charge in [-0.3, -0.25) is 0 Å². The summed E-state index contributed by atoms with van der Waals surface area (Å²) in [5, 5.41) is 10.0. The number of fused-ring (bicyclic) bond motifs is 1. The molecule has 0 aliphatic carbocycles. The monoisotopic (exact) mass is 383 g/mol. The lowest BCUT2D eigenvalue weighted by Crippen LogP contribution is -2.08. The number of allylic oxidation sites excluding steroid dienone is 1. The summed E-state index contributed by atoms with van der Waals surface area (Å²) in [7, 11) is -3.41. The highest BCUT2D eigenvalue weighted by atomic mass is 32.2. The molecule has 0 bridgehead atoms. The molecule has 0 aliphatic heterocycles. The zero-order chi connectivity index (χ0) is 19.4. The van der Waals surface area contributed by atoms with Gasteiger partial charge >= 0.3 is 5.63 Å². The number of rotatable bonds is 5. The molecule has 1 N–H and O–H groups in total. The lowest BCUT2D eigenvalue weighted by molar-refractivity contribution is 0.437. The highest BCUT2D eigenvalue weighted by molar-refractivity contribution is 7.91. The van der Waals surface area contributed by atoms with Crippen molar-refractivity contribution in [3.8, 4) is 0 Å². The predicted molar refractivity (Wildman–Crippen MR) is 104 cm³/mol. The van der Waals surface area contributed by atoms with Gasteiger partial charge in [-0.1, -0.05) is 43.3 Å². The van der Waals surface area contributed by atoms with Crippen LogP contribution < -0.4 is 5.63 Å². The third-order valence-corrected chi connectivity index (χ3v) is 5.59. The first-order valence-corrected chi connectivity index (χ1v) is 9.86. The van der Waals surface area contributed by atoms with Gasteiger partial charge in [0.2, 0.25) is 0 Å². The van der Waals surface area contributed by atoms with Crippen molar-refractivity contribution in [1.82, 2.24) is 4.98 Å². The van der Waals surface area contributed by atoms with E-state index < -0.39 is 15.5 Å². The topological polar surface area (TPSA) is 97.5 Å². The Hall–Kier alpha value is -3.19. The number of aliphatic hydroxyl groups excluding tert-OH is 1. The molecule has 3 rings (SSSR count). The average Bonchev–Trinajstić information content (AvgIpc) is 2.67. The molecule has 1 heterocycles. The molecule has 27 heavy (non-hydrogen) atoms. The van der Waals surface area contributed by atoms with E-state index in [1.165, 1.54) is 30.4 Å². The summed E-state index contributed by atoms with van der Waals surface area (Å²) in [4.78, 5) is 16.3. The van der Waals surface area contributed by atoms with E-state index in [-0.39, 0.29) is 33.2 Å². The summed E-state index contributed by atoms with van der Waals surface area (Å²) in [5.74, 6) is -0.233. The van der Waals surface area contributed by atoms with Crippen LogP contribution in [0.2, 0.25) is 0 Å². The first-order chi connectivity index (χ1) is 12.9. The maximum atomic E-state index is 12.1. The predicted octanol–water partition coefficient (Wildman–Crippen LogP) is 3.59. The molecular weight excluding hydrogens is 366 g/mol. The van der Waals surface area contributed by atoms with Gasteiger partial charge in [-0.05, 0) is 29.8 Å². The third kappa shape index (κ3) is 4.32. The molecule has 3 aromatic rings. The highest BCUT2D eigenvalue weighted by Gasteiger charge is 2.14. The molecule has 0 saturated carbocycles. The molecule has 0 saturated heterocycles. The van der Waals surface area contributed by atoms with Crippen LogP contribution in [0.5, 0.6) is 0 Å². The van der Waals surface area contributed by atoms with Crippen molar-refractivity contribution < 1.29 is 17.9 Å². The van der Waals surface area contributed by atoms with Crippen LogP contribution in [0.4, 0.5) is 0 Å². The van der Waals surface area contributed by atoms with Crippen molar-refractivity contribution in [2.45, 2.75) is 11.8 Å². The fraction of sp³-hybridized carbons (Fsp3) is 0.100. The van der Waals surface area contributed by atoms with Crippen LogP contribution in [-0.2, 0) is 9.84 Å². The molecule has 2 aromatic carbocycles. The smallest absolute Gasteiger partial charge is 0.362 e. The van der Waals surface area contributed by atoms with E-state index in [9.17, 15) is 18.3 Å². The second kappa shape index (κ2) is 7.59. The zero-order valence-electron chi connectivity index (χ0n) is 14.5. The van der Waals surface area contributed by atoms with Crippen LogP contribution in [0.25, 0.3) is 23.3 Å². The van der Waals surface area contributed by atoms with Crippen LogP contribution in [0, 0.1) is 0 Å². The lowest BCUT2D eigenvalue weighted by atomic mass is 10.2. The molecule has 1 aromatic heterocycles. The van der Waals surface area contributed by atoms with Crippen molar-refractivity contribution in [3.05, 3.63) is 82.0 Å². The van der Waals surface area contributed by atoms with Gasteiger partial charge in [0, 0.05) is 6.08 Å². The van der Waals surface area contributed by atoms with Gasteiger partial charge in [-0.15, -0.1) is 0 Å². The van der Waals surface area contributed by atoms with E-state index in [0.717, 1.165) is 5.56 Å². The molecule has 7 heteroatoms. The van der Waals surface area contributed by atoms with Crippen molar-refractivity contribution >= 4 is 33.1 Å². The summed E-state index contributed by atoms with van der Waals surface area (Å²) < 4.78 is 29.2. The van der Waals surface area contributed by atoms with E-state index in [2.05, 4.69) is 4.98 Å². The van der Waals surface area contributed by atoms with Crippen molar-refractivity contribution in [2.75, 3.05) is 5.75 Å². The Balaban J connectivity index is 1.99. The Labute approximate surface area is 156 Å². The van der Waals surface area contributed by atoms with E-state index >= 15 is 0 Å². The summed E-state index contributed by atoms with van der Waals surface area (Å²) in [6.07, 6.45) is 4.28. The van der Waals surface area contributed by atoms with Crippen LogP contribution in [0.3, 0.4) is 0 Å². The van der Waals surface area contributed by atoms with Crippen molar-refractivity contribution in [2.24, 2.45) is 0 Å². The Kier molecular flexibility index (Phi) is 5.23. The van der Waals surface area contributed by atoms with Crippen molar-refractivity contribution in [3.63, 3.8) is 0 Å². The van der Waals surface area contributed by atoms with E-state index in [4.69, 9.17) is 4.42 Å². The van der Waals surface area contributed by atoms with Crippen molar-refractivity contribution in [1.29, 1.82) is 0 Å². The first-order valence-electron chi connectivity index (χ1n) is 8.20. The number of nitrogens with zero attached hydrogens (tertiary/aromatic N) is 1. The second-order valence-corrected chi connectivity index (χ2v) is 8.01. The number of aliphatic hydroxyl groups is 1. The SMILES string of the molecule is CCS(=O)(=O)c1ccc2oc(=O)c(C=C(O)/C=C/c3ccccc3)nc2c1. The molecule has 0 amide bonds. The minimum Gasteiger partial charge on any atom is -0.508 e. The van der Waals surface area contributed by atoms with Gasteiger partial charge in [0.15, 0.2) is 21.1 Å². The Morgan fingerprint density at radius 2 is 1.93 bits per heavy atom. The van der Waals surface area contributed by atoms with E-state index in [1.807, 2.05) is 30.3 Å². The number of benzene rings is 2. The van der Waals surface area contributed by atoms with Gasteiger partial charge in [0.05, 0.1) is 10.6 Å². The maximum absolute atomic E-state index is 12.1. The van der Waals surface area contributed by atoms with Gasteiger partial charge < -0.3 is 9.52 Å². The molecular formula is C20H17NO5S. The maximum Gasteiger partial charge on any atom is 0.362 e. The average molecular weight is 383 g/mol. The normalized spacial score (nSPS) is 12.7. The molecule has 0 fully saturated rings. The molecule has 0 radical (unpaired) electrons. The highest BCUT2D eigenvalue weighted by Crippen LogP contribution is 2.18. The number of hydrogen-bond donors (Lipinski definition) is 1. The van der Waals surface area contributed by atoms with E-state index in [1.54, 1.807) is 13.0 Å². The molecule has 0 atom stereocenters. The molecule has 138 valence electrons. The Morgan fingerprint density at radius 1 is 1.19 bits per heavy atom. The zero-order valence-corrected chi connectivity index (χ0v) is 15.3. The fourth-order valence-corrected chi connectivity index (χ4v) is 3.28. The van der Waals surface area contributed by atoms with Crippen LogP contribution in [-0.4, -0.2) is 24.3 Å². The second-order valence-electron chi connectivity index (χ2n) is 5.73. The van der Waals surface area contributed by atoms with Crippen LogP contribution in [0.15, 0.2) is 74.5 Å². The minimum atomic E-state index is -3.41. The van der Waals surface area contributed by atoms with Crippen LogP contribution in [0.1, 0.15) is 18.2 Å². The summed E-state index contributed by atoms with van der Waals surface area (Å²) in [6.45, 7) is 1.54. The quantitative estimate of drug-likeness (QED) is 0.534. The minimum absolute atomic E-state index is 0.0485. The summed E-state index contributed by atoms with van der Waals surface area (Å²) in [6, 6.07) is 13.5. The standard InChI is InChI=1S/C20H17NO5S/c1-2-27(24,25)16-10-11-19-17(13-16)21-18(20(23)26-19)12-15(22)9-8-14-6-4-3-5-7-14/h3-13,22H,2H2,1H3/b9-8+,15-12?.